The summed E-state index contributed by atoms with van der Waals surface area (Å²) in [6.45, 7) is 13.6. The Labute approximate surface area is 94.2 Å². The van der Waals surface area contributed by atoms with Gasteiger partial charge in [-0.05, 0) is 25.7 Å². The van der Waals surface area contributed by atoms with Crippen LogP contribution in [-0.2, 0) is 4.79 Å². The van der Waals surface area contributed by atoms with Gasteiger partial charge in [-0.25, -0.2) is 0 Å². The maximum absolute atomic E-state index is 11.6. The molecule has 15 heavy (non-hydrogen) atoms. The van der Waals surface area contributed by atoms with Gasteiger partial charge in [0, 0.05) is 19.6 Å². The maximum atomic E-state index is 11.6. The number of likely N-dealkylation sites (N-methyl/N-ethyl adjacent to an activating group) is 1. The predicted octanol–water partition coefficient (Wildman–Crippen LogP) is 1.88. The molecule has 1 amide bonds. The Bertz CT molecular complexity index is 186. The summed E-state index contributed by atoms with van der Waals surface area (Å²) in [6, 6.07) is 0. The molecule has 0 spiro atoms. The van der Waals surface area contributed by atoms with Gasteiger partial charge in [-0.15, -0.1) is 0 Å². The minimum Gasteiger partial charge on any atom is -0.342 e. The SMILES string of the molecule is CCN(CC)C(=O)CNCC(C)(C)CC. The van der Waals surface area contributed by atoms with E-state index in [4.69, 9.17) is 0 Å². The van der Waals surface area contributed by atoms with Gasteiger partial charge in [-0.2, -0.15) is 0 Å². The van der Waals surface area contributed by atoms with Crippen LogP contribution in [0.15, 0.2) is 0 Å². The summed E-state index contributed by atoms with van der Waals surface area (Å²) in [5.74, 6) is 0.201. The number of hydrogen-bond acceptors (Lipinski definition) is 2. The van der Waals surface area contributed by atoms with Crippen LogP contribution in [0, 0.1) is 5.41 Å². The van der Waals surface area contributed by atoms with E-state index in [0.29, 0.717) is 6.54 Å². The molecular formula is C12H26N2O. The molecule has 0 atom stereocenters. The molecule has 0 aromatic carbocycles. The van der Waals surface area contributed by atoms with E-state index < -0.39 is 0 Å². The summed E-state index contributed by atoms with van der Waals surface area (Å²) in [5.41, 5.74) is 0.281. The first kappa shape index (κ1) is 14.4. The number of hydrogen-bond donors (Lipinski definition) is 1. The molecule has 0 aromatic heterocycles. The minimum atomic E-state index is 0.201. The zero-order valence-electron chi connectivity index (χ0n) is 10.9. The minimum absolute atomic E-state index is 0.201. The lowest BCUT2D eigenvalue weighted by Crippen LogP contribution is -2.40. The van der Waals surface area contributed by atoms with Gasteiger partial charge in [0.15, 0.2) is 0 Å². The molecule has 0 aromatic rings. The molecule has 0 unspecified atom stereocenters. The van der Waals surface area contributed by atoms with E-state index in [1.165, 1.54) is 0 Å². The third-order valence-electron chi connectivity index (χ3n) is 2.95. The van der Waals surface area contributed by atoms with Crippen LogP contribution in [0.2, 0.25) is 0 Å². The number of carbonyl (C=O) groups is 1. The highest BCUT2D eigenvalue weighted by molar-refractivity contribution is 5.78. The molecular weight excluding hydrogens is 188 g/mol. The van der Waals surface area contributed by atoms with Gasteiger partial charge in [-0.1, -0.05) is 20.8 Å². The van der Waals surface area contributed by atoms with Crippen molar-refractivity contribution in [2.45, 2.75) is 41.0 Å². The van der Waals surface area contributed by atoms with Crippen LogP contribution in [0.1, 0.15) is 41.0 Å². The summed E-state index contributed by atoms with van der Waals surface area (Å²) >= 11 is 0. The fourth-order valence-electron chi connectivity index (χ4n) is 1.32. The monoisotopic (exact) mass is 214 g/mol. The lowest BCUT2D eigenvalue weighted by atomic mass is 9.90. The summed E-state index contributed by atoms with van der Waals surface area (Å²) in [4.78, 5) is 13.5. The highest BCUT2D eigenvalue weighted by Gasteiger charge is 2.15. The van der Waals surface area contributed by atoms with Gasteiger partial charge in [0.05, 0.1) is 6.54 Å². The zero-order valence-corrected chi connectivity index (χ0v) is 10.9. The lowest BCUT2D eigenvalue weighted by Gasteiger charge is -2.24. The first-order valence-corrected chi connectivity index (χ1v) is 5.95. The Morgan fingerprint density at radius 1 is 1.20 bits per heavy atom. The Morgan fingerprint density at radius 3 is 2.13 bits per heavy atom. The van der Waals surface area contributed by atoms with Crippen molar-refractivity contribution in [2.75, 3.05) is 26.2 Å². The van der Waals surface area contributed by atoms with Gasteiger partial charge in [0.25, 0.3) is 0 Å². The molecule has 0 fully saturated rings. The summed E-state index contributed by atoms with van der Waals surface area (Å²) < 4.78 is 0. The molecule has 0 aliphatic rings. The Balaban J connectivity index is 3.81. The predicted molar refractivity (Wildman–Crippen MR) is 64.9 cm³/mol. The van der Waals surface area contributed by atoms with Crippen LogP contribution >= 0.6 is 0 Å². The largest absolute Gasteiger partial charge is 0.342 e. The van der Waals surface area contributed by atoms with Crippen LogP contribution in [0.3, 0.4) is 0 Å². The zero-order chi connectivity index (χ0) is 11.9. The first-order valence-electron chi connectivity index (χ1n) is 5.95. The van der Waals surface area contributed by atoms with Crippen LogP contribution < -0.4 is 5.32 Å². The van der Waals surface area contributed by atoms with E-state index in [9.17, 15) is 4.79 Å². The summed E-state index contributed by atoms with van der Waals surface area (Å²) in [6.07, 6.45) is 1.12. The van der Waals surface area contributed by atoms with Gasteiger partial charge < -0.3 is 10.2 Å². The average Bonchev–Trinajstić information content (AvgIpc) is 2.19. The number of carbonyl (C=O) groups excluding carboxylic acids is 1. The molecule has 1 N–H and O–H groups in total. The molecule has 0 saturated carbocycles. The summed E-state index contributed by atoms with van der Waals surface area (Å²) in [5, 5.41) is 3.23. The number of rotatable bonds is 7. The second-order valence-corrected chi connectivity index (χ2v) is 4.69. The Hall–Kier alpha value is -0.570. The molecule has 0 rings (SSSR count). The molecule has 0 bridgehead atoms. The van der Waals surface area contributed by atoms with Gasteiger partial charge in [-0.3, -0.25) is 4.79 Å². The van der Waals surface area contributed by atoms with Crippen LogP contribution in [0.5, 0.6) is 0 Å². The van der Waals surface area contributed by atoms with Crippen molar-refractivity contribution in [2.24, 2.45) is 5.41 Å². The molecule has 0 heterocycles. The second-order valence-electron chi connectivity index (χ2n) is 4.69. The van der Waals surface area contributed by atoms with Gasteiger partial charge in [0.1, 0.15) is 0 Å². The topological polar surface area (TPSA) is 32.3 Å². The molecule has 0 radical (unpaired) electrons. The van der Waals surface area contributed by atoms with Crippen molar-refractivity contribution in [1.29, 1.82) is 0 Å². The molecule has 0 saturated heterocycles. The molecule has 0 aliphatic heterocycles. The number of nitrogens with zero attached hydrogens (tertiary/aromatic N) is 1. The van der Waals surface area contributed by atoms with Gasteiger partial charge >= 0.3 is 0 Å². The average molecular weight is 214 g/mol. The molecule has 0 aliphatic carbocycles. The molecule has 90 valence electrons. The number of amides is 1. The van der Waals surface area contributed by atoms with Crippen molar-refractivity contribution in [3.05, 3.63) is 0 Å². The molecule has 3 nitrogen and oxygen atoms in total. The van der Waals surface area contributed by atoms with E-state index in [2.05, 4.69) is 26.1 Å². The van der Waals surface area contributed by atoms with Crippen LogP contribution in [0.4, 0.5) is 0 Å². The molecule has 3 heteroatoms. The van der Waals surface area contributed by atoms with E-state index in [0.717, 1.165) is 26.1 Å². The van der Waals surface area contributed by atoms with Crippen LogP contribution in [-0.4, -0.2) is 37.0 Å². The fraction of sp³-hybridized carbons (Fsp3) is 0.917. The van der Waals surface area contributed by atoms with Gasteiger partial charge in [0.2, 0.25) is 5.91 Å². The van der Waals surface area contributed by atoms with Crippen molar-refractivity contribution in [3.63, 3.8) is 0 Å². The van der Waals surface area contributed by atoms with Crippen molar-refractivity contribution in [3.8, 4) is 0 Å². The van der Waals surface area contributed by atoms with E-state index in [1.54, 1.807) is 0 Å². The van der Waals surface area contributed by atoms with E-state index in [-0.39, 0.29) is 11.3 Å². The first-order chi connectivity index (χ1) is 6.96. The van der Waals surface area contributed by atoms with Crippen molar-refractivity contribution >= 4 is 5.91 Å². The van der Waals surface area contributed by atoms with E-state index in [1.807, 2.05) is 18.7 Å². The summed E-state index contributed by atoms with van der Waals surface area (Å²) in [7, 11) is 0. The maximum Gasteiger partial charge on any atom is 0.236 e. The Kier molecular flexibility index (Phi) is 6.57. The Morgan fingerprint density at radius 2 is 1.73 bits per heavy atom. The van der Waals surface area contributed by atoms with Crippen molar-refractivity contribution < 1.29 is 4.79 Å². The van der Waals surface area contributed by atoms with Crippen LogP contribution in [0.25, 0.3) is 0 Å². The highest BCUT2D eigenvalue weighted by atomic mass is 16.2. The second kappa shape index (κ2) is 6.83. The third kappa shape index (κ3) is 5.78. The van der Waals surface area contributed by atoms with E-state index >= 15 is 0 Å². The standard InChI is InChI=1S/C12H26N2O/c1-6-12(4,5)10-13-9-11(15)14(7-2)8-3/h13H,6-10H2,1-5H3. The number of nitrogens with one attached hydrogen (secondary N) is 1. The fourth-order valence-corrected chi connectivity index (χ4v) is 1.32. The smallest absolute Gasteiger partial charge is 0.236 e. The lowest BCUT2D eigenvalue weighted by molar-refractivity contribution is -0.129. The quantitative estimate of drug-likeness (QED) is 0.702. The normalized spacial score (nSPS) is 11.5. The third-order valence-corrected chi connectivity index (χ3v) is 2.95. The highest BCUT2D eigenvalue weighted by Crippen LogP contribution is 2.17. The van der Waals surface area contributed by atoms with Crippen molar-refractivity contribution in [1.82, 2.24) is 10.2 Å².